The standard InChI is InChI=1S/C16H11NO3S2/c18-12-5-1-4-11(10-12)17-15(19)14(22-16(17)21)8-2-6-13-7-3-9-20-13/h1-10,18H/b6-2+,14-8+. The number of allylic oxidation sites excluding steroid dienone is 2. The number of hydrogen-bond donors (Lipinski definition) is 1. The highest BCUT2D eigenvalue weighted by Gasteiger charge is 2.32. The summed E-state index contributed by atoms with van der Waals surface area (Å²) < 4.78 is 5.62. The average Bonchev–Trinajstić information content (AvgIpc) is 3.08. The maximum Gasteiger partial charge on any atom is 0.270 e. The zero-order valence-electron chi connectivity index (χ0n) is 11.3. The van der Waals surface area contributed by atoms with Crippen LogP contribution < -0.4 is 4.90 Å². The first-order chi connectivity index (χ1) is 10.6. The van der Waals surface area contributed by atoms with Crippen molar-refractivity contribution in [2.75, 3.05) is 4.90 Å². The first-order valence-electron chi connectivity index (χ1n) is 6.42. The summed E-state index contributed by atoms with van der Waals surface area (Å²) in [6.45, 7) is 0. The van der Waals surface area contributed by atoms with Gasteiger partial charge in [-0.15, -0.1) is 0 Å². The van der Waals surface area contributed by atoms with E-state index in [0.29, 0.717) is 20.7 Å². The van der Waals surface area contributed by atoms with Gasteiger partial charge in [0, 0.05) is 6.07 Å². The molecule has 3 rings (SSSR count). The number of amides is 1. The van der Waals surface area contributed by atoms with Crippen LogP contribution in [0.1, 0.15) is 5.76 Å². The second-order valence-corrected chi connectivity index (χ2v) is 6.11. The van der Waals surface area contributed by atoms with E-state index in [-0.39, 0.29) is 11.7 Å². The normalized spacial score (nSPS) is 17.1. The third kappa shape index (κ3) is 2.98. The summed E-state index contributed by atoms with van der Waals surface area (Å²) >= 11 is 6.48. The summed E-state index contributed by atoms with van der Waals surface area (Å²) in [5, 5.41) is 9.53. The summed E-state index contributed by atoms with van der Waals surface area (Å²) in [6, 6.07) is 10.1. The van der Waals surface area contributed by atoms with Crippen LogP contribution in [-0.2, 0) is 4.79 Å². The topological polar surface area (TPSA) is 53.7 Å². The number of hydrogen-bond acceptors (Lipinski definition) is 5. The lowest BCUT2D eigenvalue weighted by Crippen LogP contribution is -2.27. The van der Waals surface area contributed by atoms with Gasteiger partial charge in [-0.2, -0.15) is 0 Å². The molecule has 4 nitrogen and oxygen atoms in total. The molecule has 110 valence electrons. The van der Waals surface area contributed by atoms with Gasteiger partial charge in [-0.05, 0) is 36.4 Å². The van der Waals surface area contributed by atoms with Gasteiger partial charge in [-0.25, -0.2) is 0 Å². The van der Waals surface area contributed by atoms with Gasteiger partial charge < -0.3 is 9.52 Å². The average molecular weight is 329 g/mol. The van der Waals surface area contributed by atoms with E-state index in [2.05, 4.69) is 0 Å². The molecular formula is C16H11NO3S2. The fourth-order valence-corrected chi connectivity index (χ4v) is 3.20. The van der Waals surface area contributed by atoms with E-state index < -0.39 is 0 Å². The van der Waals surface area contributed by atoms with Crippen LogP contribution in [0.4, 0.5) is 5.69 Å². The van der Waals surface area contributed by atoms with E-state index >= 15 is 0 Å². The van der Waals surface area contributed by atoms with Gasteiger partial charge in [0.05, 0.1) is 16.9 Å². The van der Waals surface area contributed by atoms with Crippen molar-refractivity contribution in [3.63, 3.8) is 0 Å². The number of benzene rings is 1. The Balaban J connectivity index is 1.82. The Morgan fingerprint density at radius 2 is 2.14 bits per heavy atom. The molecule has 6 heteroatoms. The minimum atomic E-state index is -0.204. The van der Waals surface area contributed by atoms with Gasteiger partial charge in [0.1, 0.15) is 11.5 Å². The van der Waals surface area contributed by atoms with E-state index in [0.717, 1.165) is 0 Å². The predicted molar refractivity (Wildman–Crippen MR) is 91.6 cm³/mol. The largest absolute Gasteiger partial charge is 0.508 e. The fraction of sp³-hybridized carbons (Fsp3) is 0. The van der Waals surface area contributed by atoms with Crippen LogP contribution in [0, 0.1) is 0 Å². The molecule has 1 amide bonds. The number of anilines is 1. The number of aromatic hydroxyl groups is 1. The van der Waals surface area contributed by atoms with Crippen molar-refractivity contribution in [3.05, 3.63) is 65.5 Å². The Bertz CT molecular complexity index is 778. The third-order valence-electron chi connectivity index (χ3n) is 2.93. The molecule has 0 atom stereocenters. The van der Waals surface area contributed by atoms with Crippen LogP contribution in [0.3, 0.4) is 0 Å². The molecule has 22 heavy (non-hydrogen) atoms. The minimum Gasteiger partial charge on any atom is -0.508 e. The Kier molecular flexibility index (Phi) is 4.13. The molecule has 0 radical (unpaired) electrons. The van der Waals surface area contributed by atoms with Gasteiger partial charge in [0.2, 0.25) is 0 Å². The molecule has 2 heterocycles. The molecular weight excluding hydrogens is 318 g/mol. The van der Waals surface area contributed by atoms with Crippen LogP contribution in [0.5, 0.6) is 5.75 Å². The summed E-state index contributed by atoms with van der Waals surface area (Å²) in [5.41, 5.74) is 0.556. The SMILES string of the molecule is O=C1/C(=C\C=C\c2ccco2)SC(=S)N1c1cccc(O)c1. The lowest BCUT2D eigenvalue weighted by Gasteiger charge is -2.14. The molecule has 0 aliphatic carbocycles. The number of carbonyl (C=O) groups excluding carboxylic acids is 1. The number of phenolic OH excluding ortho intramolecular Hbond substituents is 1. The molecule has 0 bridgehead atoms. The molecule has 0 saturated carbocycles. The van der Waals surface area contributed by atoms with Crippen LogP contribution in [-0.4, -0.2) is 15.3 Å². The lowest BCUT2D eigenvalue weighted by molar-refractivity contribution is -0.113. The molecule has 0 unspecified atom stereocenters. The molecule has 0 spiro atoms. The number of rotatable bonds is 3. The number of carbonyl (C=O) groups is 1. The summed E-state index contributed by atoms with van der Waals surface area (Å²) in [4.78, 5) is 14.4. The van der Waals surface area contributed by atoms with Crippen LogP contribution in [0.2, 0.25) is 0 Å². The minimum absolute atomic E-state index is 0.0910. The zero-order chi connectivity index (χ0) is 15.5. The number of furan rings is 1. The molecule has 1 aliphatic rings. The van der Waals surface area contributed by atoms with Crippen molar-refractivity contribution in [1.82, 2.24) is 0 Å². The summed E-state index contributed by atoms with van der Waals surface area (Å²) in [5.74, 6) is 0.595. The van der Waals surface area contributed by atoms with Crippen molar-refractivity contribution >= 4 is 46.0 Å². The third-order valence-corrected chi connectivity index (χ3v) is 4.25. The van der Waals surface area contributed by atoms with E-state index in [1.807, 2.05) is 6.07 Å². The maximum absolute atomic E-state index is 12.4. The number of phenols is 1. The van der Waals surface area contributed by atoms with Gasteiger partial charge in [-0.1, -0.05) is 36.1 Å². The van der Waals surface area contributed by atoms with E-state index in [4.69, 9.17) is 16.6 Å². The van der Waals surface area contributed by atoms with Gasteiger partial charge in [0.15, 0.2) is 4.32 Å². The van der Waals surface area contributed by atoms with Crippen molar-refractivity contribution < 1.29 is 14.3 Å². The second kappa shape index (κ2) is 6.21. The van der Waals surface area contributed by atoms with Crippen molar-refractivity contribution in [2.45, 2.75) is 0 Å². The summed E-state index contributed by atoms with van der Waals surface area (Å²) in [6.07, 6.45) is 6.79. The van der Waals surface area contributed by atoms with E-state index in [1.54, 1.807) is 48.8 Å². The first kappa shape index (κ1) is 14.6. The second-order valence-electron chi connectivity index (χ2n) is 4.43. The highest BCUT2D eigenvalue weighted by molar-refractivity contribution is 8.27. The smallest absolute Gasteiger partial charge is 0.270 e. The molecule has 1 aliphatic heterocycles. The van der Waals surface area contributed by atoms with E-state index in [1.165, 1.54) is 22.7 Å². The monoisotopic (exact) mass is 329 g/mol. The van der Waals surface area contributed by atoms with Gasteiger partial charge in [-0.3, -0.25) is 9.69 Å². The molecule has 1 aromatic carbocycles. The van der Waals surface area contributed by atoms with Crippen molar-refractivity contribution in [3.8, 4) is 5.75 Å². The molecule has 1 N–H and O–H groups in total. The highest BCUT2D eigenvalue weighted by Crippen LogP contribution is 2.35. The molecule has 1 aromatic heterocycles. The Morgan fingerprint density at radius 1 is 1.27 bits per heavy atom. The fourth-order valence-electron chi connectivity index (χ4n) is 1.95. The van der Waals surface area contributed by atoms with E-state index in [9.17, 15) is 9.90 Å². The Hall–Kier alpha value is -2.31. The summed E-state index contributed by atoms with van der Waals surface area (Å²) in [7, 11) is 0. The lowest BCUT2D eigenvalue weighted by atomic mass is 10.2. The Labute approximate surface area is 136 Å². The zero-order valence-corrected chi connectivity index (χ0v) is 12.9. The molecule has 1 saturated heterocycles. The highest BCUT2D eigenvalue weighted by atomic mass is 32.2. The number of thioether (sulfide) groups is 1. The van der Waals surface area contributed by atoms with Crippen molar-refractivity contribution in [1.29, 1.82) is 0 Å². The van der Waals surface area contributed by atoms with Gasteiger partial charge in [0.25, 0.3) is 5.91 Å². The molecule has 2 aromatic rings. The van der Waals surface area contributed by atoms with Crippen LogP contribution >= 0.6 is 24.0 Å². The quantitative estimate of drug-likeness (QED) is 0.682. The number of nitrogens with zero attached hydrogens (tertiary/aromatic N) is 1. The maximum atomic E-state index is 12.4. The van der Waals surface area contributed by atoms with Crippen molar-refractivity contribution in [2.24, 2.45) is 0 Å². The molecule has 1 fully saturated rings. The van der Waals surface area contributed by atoms with Crippen LogP contribution in [0.25, 0.3) is 6.08 Å². The number of thiocarbonyl (C=S) groups is 1. The Morgan fingerprint density at radius 3 is 2.86 bits per heavy atom. The predicted octanol–water partition coefficient (Wildman–Crippen LogP) is 3.95. The van der Waals surface area contributed by atoms with Gasteiger partial charge >= 0.3 is 0 Å². The van der Waals surface area contributed by atoms with Crippen LogP contribution in [0.15, 0.2) is 64.1 Å². The first-order valence-corrected chi connectivity index (χ1v) is 7.65.